The van der Waals surface area contributed by atoms with E-state index in [-0.39, 0.29) is 41.9 Å². The van der Waals surface area contributed by atoms with Gasteiger partial charge in [0, 0.05) is 35.8 Å². The molecule has 7 rings (SSSR count). The topological polar surface area (TPSA) is 105 Å². The van der Waals surface area contributed by atoms with Gasteiger partial charge in [-0.1, -0.05) is 6.07 Å². The lowest BCUT2D eigenvalue weighted by Crippen LogP contribution is -2.35. The number of piperidine rings is 1. The molecule has 4 aromatic rings. The third kappa shape index (κ3) is 6.73. The summed E-state index contributed by atoms with van der Waals surface area (Å²) in [6.45, 7) is 3.85. The fourth-order valence-corrected chi connectivity index (χ4v) is 6.50. The summed E-state index contributed by atoms with van der Waals surface area (Å²) in [6, 6.07) is 14.1. The Kier molecular flexibility index (Phi) is 8.92. The Morgan fingerprint density at radius 1 is 0.979 bits per heavy atom. The highest BCUT2D eigenvalue weighted by Crippen LogP contribution is 2.35. The van der Waals surface area contributed by atoms with Crippen LogP contribution in [0.5, 0.6) is 11.6 Å². The van der Waals surface area contributed by atoms with E-state index in [1.807, 2.05) is 24.3 Å². The second-order valence-corrected chi connectivity index (χ2v) is 12.6. The summed E-state index contributed by atoms with van der Waals surface area (Å²) >= 11 is 0. The first-order valence-corrected chi connectivity index (χ1v) is 16.3. The lowest BCUT2D eigenvalue weighted by Gasteiger charge is -2.32. The van der Waals surface area contributed by atoms with Crippen LogP contribution in [0.1, 0.15) is 75.8 Å². The van der Waals surface area contributed by atoms with Crippen molar-refractivity contribution in [3.63, 3.8) is 0 Å². The van der Waals surface area contributed by atoms with Gasteiger partial charge in [0.15, 0.2) is 5.78 Å². The van der Waals surface area contributed by atoms with Crippen LogP contribution in [0.2, 0.25) is 0 Å². The summed E-state index contributed by atoms with van der Waals surface area (Å²) in [4.78, 5) is 36.8. The second-order valence-electron chi connectivity index (χ2n) is 12.6. The van der Waals surface area contributed by atoms with Crippen molar-refractivity contribution < 1.29 is 32.9 Å². The number of methoxy groups -OCH3 is 2. The molecule has 246 valence electrons. The monoisotopic (exact) mass is 642 g/mol. The standard InChI is InChI=1S/C36H39FN4O6/c1-44-32-18-25(35(42)23-6-7-23)16-28(37)27(32)21-47-34-5-3-4-29(39-34)22-10-13-40(14-11-22)20-33-38-30-9-8-24(36(43)45-2)17-31(30)41(33)19-26-12-15-46-26/h3-5,8-9,16-18,22-23,26H,6-7,10-15,19-21H2,1-2H3/t26-/m0/s1. The minimum Gasteiger partial charge on any atom is -0.496 e. The molecular formula is C36H39FN4O6. The van der Waals surface area contributed by atoms with Crippen molar-refractivity contribution in [1.82, 2.24) is 19.4 Å². The number of imidazole rings is 1. The number of aromatic nitrogens is 3. The Hall–Kier alpha value is -4.35. The molecule has 3 fully saturated rings. The third-order valence-electron chi connectivity index (χ3n) is 9.52. The predicted octanol–water partition coefficient (Wildman–Crippen LogP) is 5.71. The number of carbonyl (C=O) groups excluding carboxylic acids is 2. The molecule has 0 N–H and O–H groups in total. The maximum atomic E-state index is 15.1. The van der Waals surface area contributed by atoms with E-state index in [0.717, 1.165) is 74.4 Å². The Morgan fingerprint density at radius 2 is 1.79 bits per heavy atom. The zero-order valence-electron chi connectivity index (χ0n) is 26.7. The molecule has 3 aliphatic rings. The molecule has 0 bridgehead atoms. The average molecular weight is 643 g/mol. The average Bonchev–Trinajstić information content (AvgIpc) is 3.87. The molecule has 0 radical (unpaired) electrons. The maximum absolute atomic E-state index is 15.1. The van der Waals surface area contributed by atoms with E-state index in [1.54, 1.807) is 18.2 Å². The van der Waals surface area contributed by atoms with Crippen molar-refractivity contribution in [2.45, 2.75) is 63.8 Å². The number of fused-ring (bicyclic) bond motifs is 1. The molecular weight excluding hydrogens is 603 g/mol. The van der Waals surface area contributed by atoms with Crippen LogP contribution in [-0.2, 0) is 29.2 Å². The summed E-state index contributed by atoms with van der Waals surface area (Å²) < 4.78 is 39.3. The highest BCUT2D eigenvalue weighted by Gasteiger charge is 2.32. The summed E-state index contributed by atoms with van der Waals surface area (Å²) in [5.41, 5.74) is 3.82. The van der Waals surface area contributed by atoms with Crippen LogP contribution in [0.4, 0.5) is 4.39 Å². The summed E-state index contributed by atoms with van der Waals surface area (Å²) in [5.74, 6) is 1.01. The van der Waals surface area contributed by atoms with E-state index in [2.05, 4.69) is 9.47 Å². The van der Waals surface area contributed by atoms with Crippen LogP contribution in [0, 0.1) is 11.7 Å². The summed E-state index contributed by atoms with van der Waals surface area (Å²) in [7, 11) is 2.85. The lowest BCUT2D eigenvalue weighted by atomic mass is 9.93. The molecule has 1 atom stereocenters. The van der Waals surface area contributed by atoms with E-state index in [1.165, 1.54) is 20.3 Å². The van der Waals surface area contributed by atoms with Crippen LogP contribution >= 0.6 is 0 Å². The Morgan fingerprint density at radius 3 is 2.49 bits per heavy atom. The van der Waals surface area contributed by atoms with Gasteiger partial charge in [-0.05, 0) is 81.6 Å². The fourth-order valence-electron chi connectivity index (χ4n) is 6.50. The Labute approximate surface area is 272 Å². The van der Waals surface area contributed by atoms with Crippen molar-refractivity contribution >= 4 is 22.8 Å². The molecule has 1 saturated carbocycles. The van der Waals surface area contributed by atoms with Crippen molar-refractivity contribution in [3.8, 4) is 11.6 Å². The second kappa shape index (κ2) is 13.4. The molecule has 47 heavy (non-hydrogen) atoms. The number of ketones is 1. The van der Waals surface area contributed by atoms with Crippen LogP contribution in [0.15, 0.2) is 48.5 Å². The minimum atomic E-state index is -0.519. The van der Waals surface area contributed by atoms with Gasteiger partial charge in [-0.2, -0.15) is 0 Å². The number of hydrogen-bond donors (Lipinski definition) is 0. The Balaban J connectivity index is 0.997. The van der Waals surface area contributed by atoms with Crippen LogP contribution in [0.25, 0.3) is 11.0 Å². The highest BCUT2D eigenvalue weighted by molar-refractivity contribution is 5.99. The van der Waals surface area contributed by atoms with Crippen molar-refractivity contribution in [1.29, 1.82) is 0 Å². The first kappa shape index (κ1) is 31.3. The van der Waals surface area contributed by atoms with Gasteiger partial charge in [-0.3, -0.25) is 9.69 Å². The number of rotatable bonds is 12. The highest BCUT2D eigenvalue weighted by atomic mass is 19.1. The SMILES string of the molecule is COC(=O)c1ccc2nc(CN3CCC(c4cccc(OCc5c(F)cc(C(=O)C6CC6)cc5OC)n4)CC3)n(C[C@@H]3CCO3)c2c1. The third-order valence-corrected chi connectivity index (χ3v) is 9.52. The van der Waals surface area contributed by atoms with E-state index in [4.69, 9.17) is 28.9 Å². The summed E-state index contributed by atoms with van der Waals surface area (Å²) in [5, 5.41) is 0. The van der Waals surface area contributed by atoms with E-state index in [9.17, 15) is 9.59 Å². The van der Waals surface area contributed by atoms with Crippen molar-refractivity contribution in [2.24, 2.45) is 5.92 Å². The summed E-state index contributed by atoms with van der Waals surface area (Å²) in [6.07, 6.45) is 4.71. The number of carbonyl (C=O) groups is 2. The maximum Gasteiger partial charge on any atom is 0.337 e. The quantitative estimate of drug-likeness (QED) is 0.142. The van der Waals surface area contributed by atoms with Gasteiger partial charge in [0.1, 0.15) is 24.0 Å². The molecule has 0 spiro atoms. The van der Waals surface area contributed by atoms with E-state index < -0.39 is 5.82 Å². The van der Waals surface area contributed by atoms with Gasteiger partial charge in [0.2, 0.25) is 5.88 Å². The molecule has 0 amide bonds. The zero-order chi connectivity index (χ0) is 32.5. The number of nitrogens with zero attached hydrogens (tertiary/aromatic N) is 4. The number of esters is 1. The number of likely N-dealkylation sites (tertiary alicyclic amines) is 1. The normalized spacial score (nSPS) is 18.6. The van der Waals surface area contributed by atoms with Crippen molar-refractivity contribution in [2.75, 3.05) is 33.9 Å². The molecule has 2 aromatic heterocycles. The molecule has 1 aliphatic carbocycles. The first-order valence-electron chi connectivity index (χ1n) is 16.3. The van der Waals surface area contributed by atoms with Gasteiger partial charge in [0.05, 0.1) is 55.6 Å². The molecule has 0 unspecified atom stereocenters. The lowest BCUT2D eigenvalue weighted by molar-refractivity contribution is -0.0592. The number of hydrogen-bond acceptors (Lipinski definition) is 9. The Bertz CT molecular complexity index is 1790. The number of halogens is 1. The van der Waals surface area contributed by atoms with Gasteiger partial charge in [-0.15, -0.1) is 0 Å². The first-order chi connectivity index (χ1) is 22.9. The number of pyridine rings is 1. The number of Topliss-reactive ketones (excluding diaryl/α,β-unsaturated/α-hetero) is 1. The smallest absolute Gasteiger partial charge is 0.337 e. The number of benzene rings is 2. The molecule has 2 aliphatic heterocycles. The van der Waals surface area contributed by atoms with Crippen LogP contribution in [0.3, 0.4) is 0 Å². The van der Waals surface area contributed by atoms with Crippen LogP contribution in [-0.4, -0.2) is 71.2 Å². The number of ether oxygens (including phenoxy) is 4. The molecule has 10 nitrogen and oxygen atoms in total. The molecule has 2 aromatic carbocycles. The van der Waals surface area contributed by atoms with Gasteiger partial charge < -0.3 is 23.5 Å². The van der Waals surface area contributed by atoms with Gasteiger partial charge in [-0.25, -0.2) is 19.2 Å². The largest absolute Gasteiger partial charge is 0.496 e. The van der Waals surface area contributed by atoms with Gasteiger partial charge in [0.25, 0.3) is 0 Å². The van der Waals surface area contributed by atoms with Crippen molar-refractivity contribution in [3.05, 3.63) is 82.6 Å². The fraction of sp³-hybridized carbons (Fsp3) is 0.444. The molecule has 11 heteroatoms. The predicted molar refractivity (Wildman–Crippen MR) is 171 cm³/mol. The van der Waals surface area contributed by atoms with Gasteiger partial charge >= 0.3 is 5.97 Å². The molecule has 2 saturated heterocycles. The zero-order valence-corrected chi connectivity index (χ0v) is 26.7. The minimum absolute atomic E-state index is 0.00167. The van der Waals surface area contributed by atoms with E-state index >= 15 is 4.39 Å². The molecule has 4 heterocycles. The van der Waals surface area contributed by atoms with Crippen LogP contribution < -0.4 is 9.47 Å². The van der Waals surface area contributed by atoms with E-state index in [0.29, 0.717) is 35.8 Å².